The van der Waals surface area contributed by atoms with Crippen molar-refractivity contribution in [1.29, 1.82) is 0 Å². The molecule has 12 heavy (non-hydrogen) atoms. The number of hydrogen-bond acceptors (Lipinski definition) is 1. The zero-order chi connectivity index (χ0) is 9.82. The number of carbonyl (C=O) groups excluding carboxylic acids is 1. The quantitative estimate of drug-likeness (QED) is 0.360. The molecule has 0 aliphatic heterocycles. The van der Waals surface area contributed by atoms with Gasteiger partial charge in [-0.15, -0.1) is 0 Å². The van der Waals surface area contributed by atoms with E-state index in [9.17, 15) is 9.18 Å². The molecule has 0 aromatic heterocycles. The Labute approximate surface area is 73.3 Å². The van der Waals surface area contributed by atoms with E-state index in [1.807, 2.05) is 19.1 Å². The zero-order valence-electron chi connectivity index (χ0n) is 7.59. The van der Waals surface area contributed by atoms with Crippen LogP contribution in [-0.2, 0) is 4.79 Å². The SMILES string of the molecule is C=C/C(C=O)=C\C=C/CC.CF. The van der Waals surface area contributed by atoms with E-state index in [0.717, 1.165) is 12.7 Å². The van der Waals surface area contributed by atoms with Gasteiger partial charge >= 0.3 is 0 Å². The molecule has 2 heteroatoms. The second-order valence-electron chi connectivity index (χ2n) is 1.83. The largest absolute Gasteiger partial charge is 0.298 e. The maximum atomic E-state index is 10.2. The van der Waals surface area contributed by atoms with Crippen molar-refractivity contribution >= 4 is 6.29 Å². The molecular formula is C10H15FO. The van der Waals surface area contributed by atoms with Crippen LogP contribution in [0, 0.1) is 0 Å². The molecule has 0 N–H and O–H groups in total. The summed E-state index contributed by atoms with van der Waals surface area (Å²) in [6.45, 7) is 5.52. The Balaban J connectivity index is 0. The molecule has 0 aliphatic carbocycles. The normalized spacial score (nSPS) is 10.4. The monoisotopic (exact) mass is 170 g/mol. The number of aldehydes is 1. The highest BCUT2D eigenvalue weighted by atomic mass is 19.1. The molecule has 0 atom stereocenters. The van der Waals surface area contributed by atoms with Crippen LogP contribution in [0.25, 0.3) is 0 Å². The van der Waals surface area contributed by atoms with Crippen LogP contribution < -0.4 is 0 Å². The van der Waals surface area contributed by atoms with Gasteiger partial charge in [-0.2, -0.15) is 0 Å². The van der Waals surface area contributed by atoms with Gasteiger partial charge in [0.2, 0.25) is 0 Å². The first-order valence-corrected chi connectivity index (χ1v) is 3.67. The van der Waals surface area contributed by atoms with Gasteiger partial charge in [0, 0.05) is 5.57 Å². The Hall–Kier alpha value is -1.18. The minimum atomic E-state index is 0.500. The number of hydrogen-bond donors (Lipinski definition) is 0. The Bertz CT molecular complexity index is 159. The second-order valence-corrected chi connectivity index (χ2v) is 1.83. The number of alkyl halides is 1. The Kier molecular flexibility index (Phi) is 14.0. The molecule has 0 spiro atoms. The Morgan fingerprint density at radius 1 is 1.50 bits per heavy atom. The zero-order valence-corrected chi connectivity index (χ0v) is 7.59. The van der Waals surface area contributed by atoms with E-state index in [2.05, 4.69) is 6.58 Å². The van der Waals surface area contributed by atoms with Crippen molar-refractivity contribution < 1.29 is 9.18 Å². The van der Waals surface area contributed by atoms with Crippen LogP contribution in [0.2, 0.25) is 0 Å². The average Bonchev–Trinajstić information content (AvgIpc) is 2.16. The van der Waals surface area contributed by atoms with Gasteiger partial charge < -0.3 is 0 Å². The Morgan fingerprint density at radius 3 is 2.42 bits per heavy atom. The van der Waals surface area contributed by atoms with Crippen molar-refractivity contribution in [1.82, 2.24) is 0 Å². The highest BCUT2D eigenvalue weighted by Gasteiger charge is 1.80. The summed E-state index contributed by atoms with van der Waals surface area (Å²) in [5.74, 6) is 0. The molecule has 0 unspecified atom stereocenters. The standard InChI is InChI=1S/C9H12O.CH3F/c1-3-5-6-7-9(4-2)8-10;1-2/h4-8H,2-3H2,1H3;1H3/b6-5-,9-7+;. The van der Waals surface area contributed by atoms with E-state index in [0.29, 0.717) is 12.8 Å². The Morgan fingerprint density at radius 2 is 2.08 bits per heavy atom. The third-order valence-corrected chi connectivity index (χ3v) is 1.03. The fourth-order valence-electron chi connectivity index (χ4n) is 0.471. The minimum absolute atomic E-state index is 0.500. The summed E-state index contributed by atoms with van der Waals surface area (Å²) in [6.07, 6.45) is 8.88. The van der Waals surface area contributed by atoms with Gasteiger partial charge in [-0.25, -0.2) is 0 Å². The van der Waals surface area contributed by atoms with Gasteiger partial charge in [-0.3, -0.25) is 9.18 Å². The first kappa shape index (κ1) is 13.4. The molecule has 0 saturated carbocycles. The fraction of sp³-hybridized carbons (Fsp3) is 0.300. The highest BCUT2D eigenvalue weighted by molar-refractivity contribution is 5.77. The van der Waals surface area contributed by atoms with E-state index in [1.165, 1.54) is 6.08 Å². The molecule has 0 heterocycles. The van der Waals surface area contributed by atoms with Crippen LogP contribution in [0.3, 0.4) is 0 Å². The number of halogens is 1. The third-order valence-electron chi connectivity index (χ3n) is 1.03. The lowest BCUT2D eigenvalue weighted by molar-refractivity contribution is -0.104. The van der Waals surface area contributed by atoms with Crippen LogP contribution in [0.1, 0.15) is 13.3 Å². The van der Waals surface area contributed by atoms with Crippen LogP contribution in [-0.4, -0.2) is 13.5 Å². The van der Waals surface area contributed by atoms with Crippen molar-refractivity contribution in [2.24, 2.45) is 0 Å². The maximum Gasteiger partial charge on any atom is 0.150 e. The minimum Gasteiger partial charge on any atom is -0.298 e. The third kappa shape index (κ3) is 8.82. The highest BCUT2D eigenvalue weighted by Crippen LogP contribution is 1.91. The lowest BCUT2D eigenvalue weighted by Gasteiger charge is -1.82. The van der Waals surface area contributed by atoms with Crippen LogP contribution in [0.5, 0.6) is 0 Å². The molecule has 0 aliphatic rings. The van der Waals surface area contributed by atoms with Gasteiger partial charge in [0.1, 0.15) is 6.29 Å². The van der Waals surface area contributed by atoms with E-state index in [-0.39, 0.29) is 0 Å². The summed E-state index contributed by atoms with van der Waals surface area (Å²) in [4.78, 5) is 10.2. The number of carbonyl (C=O) groups is 1. The predicted molar refractivity (Wildman–Crippen MR) is 50.8 cm³/mol. The summed E-state index contributed by atoms with van der Waals surface area (Å²) >= 11 is 0. The number of rotatable bonds is 4. The first-order valence-electron chi connectivity index (χ1n) is 3.67. The van der Waals surface area contributed by atoms with Gasteiger partial charge in [0.15, 0.2) is 0 Å². The lowest BCUT2D eigenvalue weighted by Crippen LogP contribution is -1.74. The molecule has 1 nitrogen and oxygen atoms in total. The maximum absolute atomic E-state index is 10.2. The molecule has 0 saturated heterocycles. The number of allylic oxidation sites excluding steroid dienone is 5. The van der Waals surface area contributed by atoms with Crippen molar-refractivity contribution in [3.05, 3.63) is 36.5 Å². The van der Waals surface area contributed by atoms with Crippen molar-refractivity contribution in [3.8, 4) is 0 Å². The predicted octanol–water partition coefficient (Wildman–Crippen LogP) is 2.85. The van der Waals surface area contributed by atoms with E-state index in [4.69, 9.17) is 0 Å². The summed E-state index contributed by atoms with van der Waals surface area (Å²) in [6, 6.07) is 0. The molecule has 0 radical (unpaired) electrons. The van der Waals surface area contributed by atoms with E-state index < -0.39 is 0 Å². The molecule has 0 bridgehead atoms. The summed E-state index contributed by atoms with van der Waals surface area (Å²) in [7, 11) is 0.500. The van der Waals surface area contributed by atoms with Gasteiger partial charge in [-0.1, -0.05) is 37.8 Å². The molecule has 0 fully saturated rings. The molecule has 68 valence electrons. The van der Waals surface area contributed by atoms with Gasteiger partial charge in [-0.05, 0) is 6.42 Å². The molecule has 0 aromatic rings. The molecular weight excluding hydrogens is 155 g/mol. The fourth-order valence-corrected chi connectivity index (χ4v) is 0.471. The molecule has 0 amide bonds. The summed E-state index contributed by atoms with van der Waals surface area (Å²) in [5, 5.41) is 0. The van der Waals surface area contributed by atoms with Gasteiger partial charge in [0.25, 0.3) is 0 Å². The summed E-state index contributed by atoms with van der Waals surface area (Å²) < 4.78 is 9.50. The lowest BCUT2D eigenvalue weighted by atomic mass is 10.2. The van der Waals surface area contributed by atoms with E-state index >= 15 is 0 Å². The van der Waals surface area contributed by atoms with Crippen LogP contribution in [0.15, 0.2) is 36.5 Å². The van der Waals surface area contributed by atoms with Crippen LogP contribution >= 0.6 is 0 Å². The summed E-state index contributed by atoms with van der Waals surface area (Å²) in [5.41, 5.74) is 0.615. The van der Waals surface area contributed by atoms with Crippen molar-refractivity contribution in [3.63, 3.8) is 0 Å². The topological polar surface area (TPSA) is 17.1 Å². The van der Waals surface area contributed by atoms with Crippen molar-refractivity contribution in [2.45, 2.75) is 13.3 Å². The average molecular weight is 170 g/mol. The molecule has 0 aromatic carbocycles. The molecule has 0 rings (SSSR count). The van der Waals surface area contributed by atoms with Crippen molar-refractivity contribution in [2.75, 3.05) is 7.18 Å². The smallest absolute Gasteiger partial charge is 0.150 e. The van der Waals surface area contributed by atoms with Gasteiger partial charge in [0.05, 0.1) is 7.18 Å². The first-order chi connectivity index (χ1) is 5.85. The second kappa shape index (κ2) is 12.5. The van der Waals surface area contributed by atoms with E-state index in [1.54, 1.807) is 6.08 Å². The van der Waals surface area contributed by atoms with Crippen LogP contribution in [0.4, 0.5) is 4.39 Å².